The summed E-state index contributed by atoms with van der Waals surface area (Å²) in [6.45, 7) is 9.82. The second kappa shape index (κ2) is 19.1. The number of ether oxygens (including phenoxy) is 3. The van der Waals surface area contributed by atoms with E-state index in [4.69, 9.17) is 14.2 Å². The van der Waals surface area contributed by atoms with E-state index in [0.717, 1.165) is 48.1 Å². The number of hydrogen-bond acceptors (Lipinski definition) is 10. The molecule has 0 radical (unpaired) electrons. The summed E-state index contributed by atoms with van der Waals surface area (Å²) in [5.74, 6) is 0.825. The number of pyridine rings is 2. The average Bonchev–Trinajstić information content (AvgIpc) is 3.25. The highest BCUT2D eigenvalue weighted by molar-refractivity contribution is 6.06. The molecule has 1 saturated heterocycles. The van der Waals surface area contributed by atoms with Gasteiger partial charge in [-0.2, -0.15) is 0 Å². The fourth-order valence-electron chi connectivity index (χ4n) is 7.55. The lowest BCUT2D eigenvalue weighted by Crippen LogP contribution is -2.49. The monoisotopic (exact) mass is 820 g/mol. The van der Waals surface area contributed by atoms with Gasteiger partial charge in [-0.3, -0.25) is 19.2 Å². The third kappa shape index (κ3) is 10.0. The molecular weight excluding hydrogens is 769 g/mol. The van der Waals surface area contributed by atoms with Crippen molar-refractivity contribution in [2.24, 2.45) is 0 Å². The van der Waals surface area contributed by atoms with Crippen molar-refractivity contribution in [3.8, 4) is 11.5 Å². The Labute approximate surface area is 347 Å². The van der Waals surface area contributed by atoms with Gasteiger partial charge < -0.3 is 48.6 Å². The number of aldehydes is 1. The zero-order chi connectivity index (χ0) is 43.0. The van der Waals surface area contributed by atoms with Gasteiger partial charge in [0, 0.05) is 75.8 Å². The fraction of sp³-hybridized carbons (Fsp3) is 0.378. The summed E-state index contributed by atoms with van der Waals surface area (Å²) in [4.78, 5) is 77.1. The first-order valence-electron chi connectivity index (χ1n) is 20.0. The second-order valence-corrected chi connectivity index (χ2v) is 15.6. The van der Waals surface area contributed by atoms with E-state index >= 15 is 0 Å². The van der Waals surface area contributed by atoms with E-state index in [9.17, 15) is 28.8 Å². The highest BCUT2D eigenvalue weighted by Gasteiger charge is 2.32. The smallest absolute Gasteiger partial charge is 0.410 e. The predicted molar refractivity (Wildman–Crippen MR) is 228 cm³/mol. The molecule has 316 valence electrons. The Hall–Kier alpha value is -6.48. The van der Waals surface area contributed by atoms with Crippen LogP contribution in [-0.2, 0) is 29.2 Å². The van der Waals surface area contributed by atoms with Crippen LogP contribution in [0.25, 0.3) is 21.8 Å². The molecule has 7 rings (SSSR count). The van der Waals surface area contributed by atoms with Gasteiger partial charge in [-0.1, -0.05) is 42.5 Å². The molecule has 0 aliphatic carbocycles. The summed E-state index contributed by atoms with van der Waals surface area (Å²) >= 11 is 0. The zero-order valence-electron chi connectivity index (χ0n) is 34.7. The van der Waals surface area contributed by atoms with E-state index in [0.29, 0.717) is 66.9 Å². The second-order valence-electron chi connectivity index (χ2n) is 15.6. The van der Waals surface area contributed by atoms with Gasteiger partial charge in [-0.15, -0.1) is 0 Å². The number of fused-ring (bicyclic) bond motifs is 3. The fourth-order valence-corrected chi connectivity index (χ4v) is 7.55. The number of nitrogens with zero attached hydrogens (tertiary/aromatic N) is 4. The number of hydrogen-bond donors (Lipinski definition) is 2. The van der Waals surface area contributed by atoms with Crippen LogP contribution in [0.5, 0.6) is 11.5 Å². The molecule has 3 amide bonds. The Morgan fingerprint density at radius 3 is 1.88 bits per heavy atom. The number of amides is 3. The third-order valence-electron chi connectivity index (χ3n) is 10.5. The number of rotatable bonds is 10. The van der Waals surface area contributed by atoms with Gasteiger partial charge in [0.1, 0.15) is 25.1 Å². The number of piperidine rings is 1. The van der Waals surface area contributed by atoms with Crippen LogP contribution in [0.1, 0.15) is 59.9 Å². The molecule has 2 N–H and O–H groups in total. The van der Waals surface area contributed by atoms with Crippen LogP contribution in [0, 0.1) is 0 Å². The minimum atomic E-state index is -0.605. The van der Waals surface area contributed by atoms with Crippen LogP contribution < -0.4 is 31.2 Å². The normalized spacial score (nSPS) is 14.2. The Balaban J connectivity index is 0.000000279. The molecule has 0 unspecified atom stereocenters. The molecule has 5 aromatic rings. The Morgan fingerprint density at radius 2 is 1.32 bits per heavy atom. The lowest BCUT2D eigenvalue weighted by Gasteiger charge is -2.39. The van der Waals surface area contributed by atoms with Gasteiger partial charge in [-0.05, 0) is 63.4 Å². The summed E-state index contributed by atoms with van der Waals surface area (Å²) in [6.07, 6.45) is 1.90. The van der Waals surface area contributed by atoms with Crippen LogP contribution in [-0.4, -0.2) is 102 Å². The maximum absolute atomic E-state index is 13.4. The van der Waals surface area contributed by atoms with Crippen molar-refractivity contribution in [2.45, 2.75) is 64.9 Å². The molecule has 2 aliphatic rings. The first-order chi connectivity index (χ1) is 28.8. The molecule has 60 heavy (non-hydrogen) atoms. The molecule has 0 saturated carbocycles. The van der Waals surface area contributed by atoms with E-state index in [1.165, 1.54) is 23.7 Å². The lowest BCUT2D eigenvalue weighted by molar-refractivity contribution is -0.108. The van der Waals surface area contributed by atoms with Crippen molar-refractivity contribution in [1.82, 2.24) is 29.6 Å². The van der Waals surface area contributed by atoms with Crippen LogP contribution in [0.15, 0.2) is 88.5 Å². The number of para-hydroxylation sites is 2. The molecule has 15 nitrogen and oxygen atoms in total. The zero-order valence-corrected chi connectivity index (χ0v) is 34.7. The molecule has 15 heteroatoms. The lowest BCUT2D eigenvalue weighted by atomic mass is 10.0. The van der Waals surface area contributed by atoms with Crippen molar-refractivity contribution in [2.75, 3.05) is 46.9 Å². The van der Waals surface area contributed by atoms with E-state index in [-0.39, 0.29) is 41.6 Å². The third-order valence-corrected chi connectivity index (χ3v) is 10.5. The molecule has 0 bridgehead atoms. The van der Waals surface area contributed by atoms with Crippen LogP contribution in [0.4, 0.5) is 4.79 Å². The van der Waals surface area contributed by atoms with E-state index in [1.54, 1.807) is 35.9 Å². The van der Waals surface area contributed by atoms with Crippen LogP contribution in [0.2, 0.25) is 0 Å². The Kier molecular flexibility index (Phi) is 13.7. The minimum Gasteiger partial charge on any atom is -0.486 e. The van der Waals surface area contributed by atoms with Crippen molar-refractivity contribution >= 4 is 46.0 Å². The molecule has 0 atom stereocenters. The Morgan fingerprint density at radius 1 is 0.767 bits per heavy atom. The van der Waals surface area contributed by atoms with Crippen molar-refractivity contribution < 1.29 is 33.4 Å². The Bertz CT molecular complexity index is 2500. The van der Waals surface area contributed by atoms with E-state index in [2.05, 4.69) is 15.5 Å². The van der Waals surface area contributed by atoms with E-state index in [1.807, 2.05) is 68.1 Å². The molecule has 0 spiro atoms. The van der Waals surface area contributed by atoms with Gasteiger partial charge in [0.15, 0.2) is 11.5 Å². The number of nitrogens with one attached hydrogen (secondary N) is 2. The number of carbonyl (C=O) groups is 4. The number of likely N-dealkylation sites (tertiary alicyclic amines) is 1. The van der Waals surface area contributed by atoms with Gasteiger partial charge >= 0.3 is 6.09 Å². The molecule has 1 fully saturated rings. The minimum absolute atomic E-state index is 0.0136. The summed E-state index contributed by atoms with van der Waals surface area (Å²) in [7, 11) is 3.07. The molecular formula is C45H52N6O9. The maximum atomic E-state index is 13.4. The SMILES string of the molecule is CNC(=O)c1cc(=O)n(CC=O)c2ccccc12.CNC(=O)c1cc(=O)n(CCN2CCC(N(Cc3ccc4c(c3)OCCO4)C(=O)OC(C)(C)C)CC2)c2ccccc12. The highest BCUT2D eigenvalue weighted by atomic mass is 16.6. The van der Waals surface area contributed by atoms with E-state index < -0.39 is 5.60 Å². The molecule has 4 heterocycles. The maximum Gasteiger partial charge on any atom is 0.410 e. The van der Waals surface area contributed by atoms with Gasteiger partial charge in [0.2, 0.25) is 0 Å². The van der Waals surface area contributed by atoms with Gasteiger partial charge in [-0.25, -0.2) is 4.79 Å². The highest BCUT2D eigenvalue weighted by Crippen LogP contribution is 2.32. The number of benzene rings is 3. The summed E-state index contributed by atoms with van der Waals surface area (Å²) in [5, 5.41) is 6.52. The summed E-state index contributed by atoms with van der Waals surface area (Å²) in [6, 6.07) is 23.0. The number of aromatic nitrogens is 2. The van der Waals surface area contributed by atoms with Crippen molar-refractivity contribution in [1.29, 1.82) is 0 Å². The van der Waals surface area contributed by atoms with Gasteiger partial charge in [0.25, 0.3) is 22.9 Å². The van der Waals surface area contributed by atoms with Crippen molar-refractivity contribution in [3.63, 3.8) is 0 Å². The molecule has 2 aromatic heterocycles. The summed E-state index contributed by atoms with van der Waals surface area (Å²) < 4.78 is 20.3. The van der Waals surface area contributed by atoms with Crippen LogP contribution in [0.3, 0.4) is 0 Å². The first-order valence-corrected chi connectivity index (χ1v) is 20.0. The predicted octanol–water partition coefficient (Wildman–Crippen LogP) is 4.59. The van der Waals surface area contributed by atoms with Gasteiger partial charge in [0.05, 0.1) is 28.7 Å². The molecule has 3 aromatic carbocycles. The van der Waals surface area contributed by atoms with Crippen molar-refractivity contribution in [3.05, 3.63) is 116 Å². The van der Waals surface area contributed by atoms with Crippen LogP contribution >= 0.6 is 0 Å². The quantitative estimate of drug-likeness (QED) is 0.190. The topological polar surface area (TPSA) is 171 Å². The largest absolute Gasteiger partial charge is 0.486 e. The molecule has 2 aliphatic heterocycles. The first kappa shape index (κ1) is 43.1. The summed E-state index contributed by atoms with van der Waals surface area (Å²) in [5.41, 5.74) is 1.82. The number of carbonyl (C=O) groups excluding carboxylic acids is 4. The average molecular weight is 821 g/mol. The standard InChI is InChI=1S/C32H40N4O6.C13H12N2O3/c1-32(2,3)42-31(39)36(21-22-9-10-27-28(19-22)41-18-17-40-27)23-11-13-34(14-12-23)15-16-35-26-8-6-5-7-24(26)25(20-29(35)37)30(38)33-4;1-14-13(18)10-8-12(17)15(6-7-16)11-5-3-2-4-9(10)11/h5-10,19-20,23H,11-18,21H2,1-4H3,(H,33,38);2-5,7-8H,6H2,1H3,(H,14,18).